The van der Waals surface area contributed by atoms with Crippen LogP contribution in [-0.2, 0) is 22.6 Å². The maximum absolute atomic E-state index is 12.1. The average molecular weight is 565 g/mol. The zero-order valence-corrected chi connectivity index (χ0v) is 22.8. The lowest BCUT2D eigenvalue weighted by Crippen LogP contribution is -2.88. The lowest BCUT2D eigenvalue weighted by atomic mass is 10.2. The summed E-state index contributed by atoms with van der Waals surface area (Å²) in [4.78, 5) is 39.3. The van der Waals surface area contributed by atoms with Crippen LogP contribution in [0.25, 0.3) is 0 Å². The van der Waals surface area contributed by atoms with Gasteiger partial charge in [0, 0.05) is 32.7 Å². The van der Waals surface area contributed by atoms with E-state index in [9.17, 15) is 9.59 Å². The van der Waals surface area contributed by atoms with Crippen LogP contribution in [0, 0.1) is 0 Å². The highest BCUT2D eigenvalue weighted by Gasteiger charge is 2.33. The molecule has 0 saturated carbocycles. The molecule has 2 aromatic carbocycles. The molecule has 216 valence electrons. The van der Waals surface area contributed by atoms with E-state index in [4.69, 9.17) is 14.2 Å². The molecule has 2 aliphatic heterocycles. The van der Waals surface area contributed by atoms with E-state index in [1.807, 2.05) is 48.5 Å². The number of hydrogen-bond acceptors (Lipinski definition) is 12. The Balaban J connectivity index is 1.20. The third-order valence-corrected chi connectivity index (χ3v) is 6.50. The largest absolute Gasteiger partial charge is 0.497 e. The average Bonchev–Trinajstić information content (AvgIpc) is 3.32. The number of hydrazine groups is 1. The molecule has 41 heavy (non-hydrogen) atoms. The molecule has 5 N–H and O–H groups in total. The van der Waals surface area contributed by atoms with Gasteiger partial charge in [-0.3, -0.25) is 10.3 Å². The Morgan fingerprint density at radius 2 is 1.44 bits per heavy atom. The van der Waals surface area contributed by atoms with Gasteiger partial charge in [0.15, 0.2) is 6.54 Å². The highest BCUT2D eigenvalue weighted by Crippen LogP contribution is 2.17. The second-order valence-electron chi connectivity index (χ2n) is 9.45. The Kier molecular flexibility index (Phi) is 9.36. The number of anilines is 3. The number of nitrogens with one attached hydrogen (secondary N) is 3. The van der Waals surface area contributed by atoms with Crippen molar-refractivity contribution in [3.05, 3.63) is 59.7 Å². The number of carbonyl (C=O) groups is 2. The van der Waals surface area contributed by atoms with Gasteiger partial charge in [0.25, 0.3) is 0 Å². The van der Waals surface area contributed by atoms with Crippen LogP contribution in [-0.4, -0.2) is 89.9 Å². The van der Waals surface area contributed by atoms with Gasteiger partial charge in [0.1, 0.15) is 18.1 Å². The molecule has 3 aromatic rings. The number of amides is 3. The molecule has 2 aliphatic rings. The number of hydrogen-bond donors (Lipinski definition) is 4. The van der Waals surface area contributed by atoms with E-state index in [0.29, 0.717) is 31.6 Å². The van der Waals surface area contributed by atoms with Crippen LogP contribution in [0.1, 0.15) is 11.1 Å². The minimum absolute atomic E-state index is 0.0945. The molecular weight excluding hydrogens is 530 g/mol. The first-order chi connectivity index (χ1) is 20.0. The molecule has 0 radical (unpaired) electrons. The summed E-state index contributed by atoms with van der Waals surface area (Å²) in [5.41, 5.74) is 4.81. The number of imide groups is 1. The van der Waals surface area contributed by atoms with E-state index in [0.717, 1.165) is 65.8 Å². The number of benzene rings is 2. The number of nitrogens with zero attached hydrogens (tertiary/aromatic N) is 5. The summed E-state index contributed by atoms with van der Waals surface area (Å²) in [5.74, 6) is 2.00. The Labute approximate surface area is 237 Å². The molecule has 3 heterocycles. The van der Waals surface area contributed by atoms with Crippen LogP contribution in [0.2, 0.25) is 0 Å². The first-order valence-electron chi connectivity index (χ1n) is 13.4. The highest BCUT2D eigenvalue weighted by atomic mass is 16.5. The number of quaternary nitrogens is 1. The summed E-state index contributed by atoms with van der Waals surface area (Å²) >= 11 is 0. The van der Waals surface area contributed by atoms with Crippen molar-refractivity contribution in [2.45, 2.75) is 13.1 Å². The number of aromatic nitrogens is 3. The number of rotatable bonds is 13. The summed E-state index contributed by atoms with van der Waals surface area (Å²) < 4.78 is 16.5. The van der Waals surface area contributed by atoms with Crippen molar-refractivity contribution in [3.63, 3.8) is 0 Å². The maximum Gasteiger partial charge on any atom is 0.442 e. The van der Waals surface area contributed by atoms with Gasteiger partial charge >= 0.3 is 11.9 Å². The van der Waals surface area contributed by atoms with E-state index in [-0.39, 0.29) is 18.4 Å². The Morgan fingerprint density at radius 1 is 0.854 bits per heavy atom. The zero-order valence-electron chi connectivity index (χ0n) is 22.8. The molecule has 2 saturated heterocycles. The Morgan fingerprint density at radius 3 is 2.00 bits per heavy atom. The molecule has 0 bridgehead atoms. The molecule has 14 heteroatoms. The van der Waals surface area contributed by atoms with Crippen molar-refractivity contribution in [3.8, 4) is 11.5 Å². The standard InChI is InChI=1S/C27H33N9O5/c1-39-21-6-2-19(3-7-21)16-28-24-31-25(33-26(32-24)34-36-18-23(37)30-27(36)38)29-17-20-4-8-22(9-5-20)41-15-12-35-10-13-40-14-11-35/h2-9H,10-18H2,1H3,(H,30,37,38)(H3,28,29,31,32,33,34)/p+1. The summed E-state index contributed by atoms with van der Waals surface area (Å²) in [6, 6.07) is 15.0. The molecule has 1 aromatic heterocycles. The van der Waals surface area contributed by atoms with Crippen molar-refractivity contribution in [1.29, 1.82) is 0 Å². The van der Waals surface area contributed by atoms with Crippen LogP contribution in [0.3, 0.4) is 0 Å². The number of primary amides is 2. The van der Waals surface area contributed by atoms with Crippen molar-refractivity contribution in [2.75, 3.05) is 69.2 Å². The second-order valence-corrected chi connectivity index (χ2v) is 9.45. The fourth-order valence-electron chi connectivity index (χ4n) is 4.22. The minimum Gasteiger partial charge on any atom is -0.497 e. The second kappa shape index (κ2) is 13.7. The van der Waals surface area contributed by atoms with E-state index in [1.165, 1.54) is 0 Å². The fourth-order valence-corrected chi connectivity index (χ4v) is 4.22. The quantitative estimate of drug-likeness (QED) is 0.215. The van der Waals surface area contributed by atoms with Crippen LogP contribution >= 0.6 is 0 Å². The summed E-state index contributed by atoms with van der Waals surface area (Å²) in [6.07, 6.45) is 0. The third-order valence-electron chi connectivity index (χ3n) is 6.50. The number of ether oxygens (including phenoxy) is 3. The van der Waals surface area contributed by atoms with E-state index < -0.39 is 6.03 Å². The lowest BCUT2D eigenvalue weighted by molar-refractivity contribution is -0.461. The smallest absolute Gasteiger partial charge is 0.442 e. The highest BCUT2D eigenvalue weighted by molar-refractivity contribution is 5.87. The van der Waals surface area contributed by atoms with E-state index in [1.54, 1.807) is 7.11 Å². The zero-order chi connectivity index (χ0) is 28.4. The third kappa shape index (κ3) is 8.23. The number of carbonyl (C=O) groups excluding carboxylic acids is 2. The van der Waals surface area contributed by atoms with Crippen LogP contribution < -0.4 is 30.8 Å². The molecule has 0 unspecified atom stereocenters. The number of methoxy groups -OCH3 is 1. The molecule has 0 aliphatic carbocycles. The normalized spacial score (nSPS) is 15.6. The SMILES string of the molecule is COc1ccc(CNc2nc(NCc3ccc(OCCN4CCOCC4)cc3)nc(NN3CC(=O)[NH2+]C3=O)n2)cc1. The predicted octanol–water partition coefficient (Wildman–Crippen LogP) is 0.668. The molecule has 14 nitrogen and oxygen atoms in total. The maximum atomic E-state index is 12.1. The van der Waals surface area contributed by atoms with Gasteiger partial charge in [-0.1, -0.05) is 24.3 Å². The van der Waals surface area contributed by atoms with Crippen molar-refractivity contribution < 1.29 is 29.1 Å². The van der Waals surface area contributed by atoms with Crippen LogP contribution in [0.5, 0.6) is 11.5 Å². The minimum atomic E-state index is -0.454. The molecular formula is C27H34N9O5+. The van der Waals surface area contributed by atoms with Crippen molar-refractivity contribution >= 4 is 29.8 Å². The van der Waals surface area contributed by atoms with Gasteiger partial charge in [-0.25, -0.2) is 9.59 Å². The van der Waals surface area contributed by atoms with Crippen molar-refractivity contribution in [2.24, 2.45) is 0 Å². The topological polar surface area (TPSA) is 160 Å². The van der Waals surface area contributed by atoms with Gasteiger partial charge in [0.2, 0.25) is 17.8 Å². The number of morpholine rings is 1. The number of urea groups is 1. The summed E-state index contributed by atoms with van der Waals surface area (Å²) in [5, 5.41) is 8.59. The van der Waals surface area contributed by atoms with Crippen LogP contribution in [0.4, 0.5) is 22.6 Å². The van der Waals surface area contributed by atoms with Gasteiger partial charge < -0.3 is 24.8 Å². The van der Waals surface area contributed by atoms with Gasteiger partial charge in [-0.05, 0) is 35.4 Å². The van der Waals surface area contributed by atoms with Gasteiger partial charge in [-0.15, -0.1) is 0 Å². The predicted molar refractivity (Wildman–Crippen MR) is 149 cm³/mol. The lowest BCUT2D eigenvalue weighted by Gasteiger charge is -2.26. The first-order valence-corrected chi connectivity index (χ1v) is 13.4. The summed E-state index contributed by atoms with van der Waals surface area (Å²) in [6.45, 7) is 5.71. The molecule has 3 amide bonds. The van der Waals surface area contributed by atoms with Gasteiger partial charge in [0.05, 0.1) is 20.3 Å². The molecule has 2 fully saturated rings. The number of nitrogens with two attached hydrogens (primary N) is 1. The summed E-state index contributed by atoms with van der Waals surface area (Å²) in [7, 11) is 1.62. The monoisotopic (exact) mass is 564 g/mol. The van der Waals surface area contributed by atoms with Crippen molar-refractivity contribution in [1.82, 2.24) is 24.9 Å². The van der Waals surface area contributed by atoms with Gasteiger partial charge in [-0.2, -0.15) is 25.3 Å². The Bertz CT molecular complexity index is 1320. The molecule has 5 rings (SSSR count). The molecule has 0 atom stereocenters. The van der Waals surface area contributed by atoms with E-state index in [2.05, 4.69) is 35.9 Å². The molecule has 0 spiro atoms. The first kappa shape index (κ1) is 28.0. The van der Waals surface area contributed by atoms with E-state index >= 15 is 0 Å². The van der Waals surface area contributed by atoms with Crippen LogP contribution in [0.15, 0.2) is 48.5 Å². The fraction of sp³-hybridized carbons (Fsp3) is 0.370. The Hall–Kier alpha value is -4.53.